The van der Waals surface area contributed by atoms with E-state index in [4.69, 9.17) is 0 Å². The Morgan fingerprint density at radius 1 is 0.938 bits per heavy atom. The summed E-state index contributed by atoms with van der Waals surface area (Å²) in [7, 11) is 0. The van der Waals surface area contributed by atoms with Gasteiger partial charge in [-0.05, 0) is 117 Å². The largest absolute Gasteiger partial charge is 0.393 e. The zero-order chi connectivity index (χ0) is 23.5. The zero-order valence-corrected chi connectivity index (χ0v) is 22.2. The second-order valence-electron chi connectivity index (χ2n) is 12.5. The van der Waals surface area contributed by atoms with E-state index in [1.807, 2.05) is 13.8 Å². The third-order valence-electron chi connectivity index (χ3n) is 11.3. The molecular formula is C30H53NO. The molecule has 10 atom stereocenters. The van der Waals surface area contributed by atoms with Crippen molar-refractivity contribution < 1.29 is 5.11 Å². The van der Waals surface area contributed by atoms with Crippen molar-refractivity contribution in [3.8, 4) is 6.07 Å². The van der Waals surface area contributed by atoms with Gasteiger partial charge in [0.2, 0.25) is 0 Å². The van der Waals surface area contributed by atoms with Crippen LogP contribution >= 0.6 is 0 Å². The molecule has 184 valence electrons. The number of aliphatic hydroxyl groups is 1. The first-order chi connectivity index (χ1) is 15.3. The van der Waals surface area contributed by atoms with Crippen molar-refractivity contribution in [1.82, 2.24) is 0 Å². The lowest BCUT2D eigenvalue weighted by Gasteiger charge is -2.61. The van der Waals surface area contributed by atoms with Crippen molar-refractivity contribution in [2.75, 3.05) is 0 Å². The molecular weight excluding hydrogens is 390 g/mol. The molecule has 0 aromatic heterocycles. The average Bonchev–Trinajstić information content (AvgIpc) is 3.16. The molecule has 0 radical (unpaired) electrons. The number of hydrogen-bond donors (Lipinski definition) is 1. The maximum atomic E-state index is 10.3. The second kappa shape index (κ2) is 10.8. The van der Waals surface area contributed by atoms with Crippen molar-refractivity contribution in [3.05, 3.63) is 0 Å². The lowest BCUT2D eigenvalue weighted by atomic mass is 9.44. The first-order valence-corrected chi connectivity index (χ1v) is 14.4. The first-order valence-electron chi connectivity index (χ1n) is 14.4. The summed E-state index contributed by atoms with van der Waals surface area (Å²) in [6.45, 7) is 14.0. The normalized spacial score (nSPS) is 44.7. The molecule has 0 saturated heterocycles. The highest BCUT2D eigenvalue weighted by Gasteiger charge is 2.60. The third-order valence-corrected chi connectivity index (χ3v) is 11.3. The van der Waals surface area contributed by atoms with Gasteiger partial charge in [0, 0.05) is 5.92 Å². The van der Waals surface area contributed by atoms with Crippen LogP contribution in [0.25, 0.3) is 0 Å². The molecule has 0 heterocycles. The van der Waals surface area contributed by atoms with Crippen LogP contribution in [0.15, 0.2) is 0 Å². The summed E-state index contributed by atoms with van der Waals surface area (Å²) < 4.78 is 0. The number of nitrogens with zero attached hydrogens (tertiary/aromatic N) is 1. The molecule has 8 unspecified atom stereocenters. The number of fused-ring (bicyclic) bond motifs is 5. The van der Waals surface area contributed by atoms with E-state index in [-0.39, 0.29) is 12.0 Å². The maximum Gasteiger partial charge on any atom is 0.0655 e. The summed E-state index contributed by atoms with van der Waals surface area (Å²) in [6.07, 6.45) is 16.6. The van der Waals surface area contributed by atoms with Crippen molar-refractivity contribution in [1.29, 1.82) is 5.26 Å². The van der Waals surface area contributed by atoms with Crippen LogP contribution in [0.5, 0.6) is 0 Å². The molecule has 2 heteroatoms. The minimum absolute atomic E-state index is 0.0291. The smallest absolute Gasteiger partial charge is 0.0655 e. The van der Waals surface area contributed by atoms with E-state index in [0.717, 1.165) is 61.2 Å². The Morgan fingerprint density at radius 3 is 2.31 bits per heavy atom. The van der Waals surface area contributed by atoms with Crippen LogP contribution in [-0.4, -0.2) is 11.2 Å². The van der Waals surface area contributed by atoms with Gasteiger partial charge < -0.3 is 5.11 Å². The molecule has 4 saturated carbocycles. The molecule has 0 bridgehead atoms. The number of nitriles is 1. The Labute approximate surface area is 199 Å². The van der Waals surface area contributed by atoms with Crippen molar-refractivity contribution in [2.24, 2.45) is 52.3 Å². The lowest BCUT2D eigenvalue weighted by Crippen LogP contribution is -2.54. The summed E-state index contributed by atoms with van der Waals surface area (Å²) in [5.74, 6) is 5.54. The van der Waals surface area contributed by atoms with E-state index in [0.29, 0.717) is 10.8 Å². The standard InChI is InChI=1S/C28H47NO.C2H6/c1-5-20(18-29)8-6-7-19(2)24-11-12-25-23-10-9-21-17-22(30)13-15-27(21,3)26(23)14-16-28(24,25)4;1-2/h19-26,30H,5-17H2,1-4H3;1-2H3/t19-,20?,21+,22?,23?,24?,25?,26?,27?,28?;/m1./s1. The van der Waals surface area contributed by atoms with Gasteiger partial charge in [0.1, 0.15) is 0 Å². The third kappa shape index (κ3) is 4.67. The van der Waals surface area contributed by atoms with Gasteiger partial charge in [0.15, 0.2) is 0 Å². The molecule has 4 fully saturated rings. The lowest BCUT2D eigenvalue weighted by molar-refractivity contribution is -0.129. The van der Waals surface area contributed by atoms with Crippen LogP contribution in [0.2, 0.25) is 0 Å². The minimum atomic E-state index is -0.0291. The molecule has 0 aromatic carbocycles. The Morgan fingerprint density at radius 2 is 1.62 bits per heavy atom. The fraction of sp³-hybridized carbons (Fsp3) is 0.967. The van der Waals surface area contributed by atoms with Crippen LogP contribution < -0.4 is 0 Å². The van der Waals surface area contributed by atoms with E-state index in [9.17, 15) is 10.4 Å². The van der Waals surface area contributed by atoms with E-state index in [1.165, 1.54) is 57.8 Å². The summed E-state index contributed by atoms with van der Waals surface area (Å²) in [4.78, 5) is 0. The average molecular weight is 444 g/mol. The molecule has 0 spiro atoms. The second-order valence-corrected chi connectivity index (χ2v) is 12.5. The summed E-state index contributed by atoms with van der Waals surface area (Å²) in [5.41, 5.74) is 1.05. The highest BCUT2D eigenvalue weighted by molar-refractivity contribution is 5.09. The van der Waals surface area contributed by atoms with Gasteiger partial charge in [-0.2, -0.15) is 5.26 Å². The number of rotatable bonds is 6. The summed E-state index contributed by atoms with van der Waals surface area (Å²) >= 11 is 0. The molecule has 0 aliphatic heterocycles. The zero-order valence-electron chi connectivity index (χ0n) is 22.2. The quantitative estimate of drug-likeness (QED) is 0.448. The van der Waals surface area contributed by atoms with Crippen LogP contribution in [0.4, 0.5) is 0 Å². The van der Waals surface area contributed by atoms with Crippen LogP contribution in [0.3, 0.4) is 0 Å². The number of aliphatic hydroxyl groups excluding tert-OH is 1. The van der Waals surface area contributed by atoms with E-state index >= 15 is 0 Å². The predicted molar refractivity (Wildman–Crippen MR) is 135 cm³/mol. The van der Waals surface area contributed by atoms with Gasteiger partial charge in [-0.3, -0.25) is 0 Å². The molecule has 0 aromatic rings. The fourth-order valence-corrected chi connectivity index (χ4v) is 9.46. The van der Waals surface area contributed by atoms with Gasteiger partial charge in [0.05, 0.1) is 12.2 Å². The molecule has 1 N–H and O–H groups in total. The summed E-state index contributed by atoms with van der Waals surface area (Å²) in [6, 6.07) is 2.49. The van der Waals surface area contributed by atoms with Gasteiger partial charge >= 0.3 is 0 Å². The Bertz CT molecular complexity index is 639. The Hall–Kier alpha value is -0.550. The summed E-state index contributed by atoms with van der Waals surface area (Å²) in [5, 5.41) is 19.5. The van der Waals surface area contributed by atoms with E-state index < -0.39 is 0 Å². The first kappa shape index (κ1) is 26.1. The van der Waals surface area contributed by atoms with Gasteiger partial charge in [-0.25, -0.2) is 0 Å². The maximum absolute atomic E-state index is 10.3. The van der Waals surface area contributed by atoms with Crippen LogP contribution in [0.1, 0.15) is 125 Å². The van der Waals surface area contributed by atoms with E-state index in [1.54, 1.807) is 0 Å². The van der Waals surface area contributed by atoms with Gasteiger partial charge in [0.25, 0.3) is 0 Å². The van der Waals surface area contributed by atoms with Crippen molar-refractivity contribution in [2.45, 2.75) is 131 Å². The van der Waals surface area contributed by atoms with Crippen LogP contribution in [0, 0.1) is 63.6 Å². The van der Waals surface area contributed by atoms with E-state index in [2.05, 4.69) is 33.8 Å². The SMILES string of the molecule is CC.CCC(C#N)CCC[C@@H](C)C1CCC2C3CC[C@H]4CC(O)CCC4(C)C3CCC21C. The predicted octanol–water partition coefficient (Wildman–Crippen LogP) is 8.39. The van der Waals surface area contributed by atoms with Crippen LogP contribution in [-0.2, 0) is 0 Å². The molecule has 4 rings (SSSR count). The Balaban J connectivity index is 0.00000141. The van der Waals surface area contributed by atoms with Gasteiger partial charge in [-0.15, -0.1) is 0 Å². The fourth-order valence-electron chi connectivity index (χ4n) is 9.46. The molecule has 4 aliphatic carbocycles. The monoisotopic (exact) mass is 443 g/mol. The number of hydrogen-bond acceptors (Lipinski definition) is 2. The molecule has 32 heavy (non-hydrogen) atoms. The van der Waals surface area contributed by atoms with Crippen molar-refractivity contribution >= 4 is 0 Å². The minimum Gasteiger partial charge on any atom is -0.393 e. The van der Waals surface area contributed by atoms with Gasteiger partial charge in [-0.1, -0.05) is 54.4 Å². The van der Waals surface area contributed by atoms with Crippen molar-refractivity contribution in [3.63, 3.8) is 0 Å². The topological polar surface area (TPSA) is 44.0 Å². The highest BCUT2D eigenvalue weighted by Crippen LogP contribution is 2.68. The molecule has 2 nitrogen and oxygen atoms in total. The molecule has 4 aliphatic rings. The molecule has 0 amide bonds. The highest BCUT2D eigenvalue weighted by atomic mass is 16.3. The Kier molecular flexibility index (Phi) is 8.80.